The minimum atomic E-state index is -0.295. The summed E-state index contributed by atoms with van der Waals surface area (Å²) in [6.07, 6.45) is 4.29. The predicted octanol–water partition coefficient (Wildman–Crippen LogP) is 0.286. The Morgan fingerprint density at radius 1 is 1.50 bits per heavy atom. The summed E-state index contributed by atoms with van der Waals surface area (Å²) >= 11 is 0. The van der Waals surface area contributed by atoms with E-state index in [0.29, 0.717) is 13.1 Å². The van der Waals surface area contributed by atoms with Crippen LogP contribution >= 0.6 is 0 Å². The van der Waals surface area contributed by atoms with Crippen LogP contribution in [0.3, 0.4) is 0 Å². The van der Waals surface area contributed by atoms with E-state index in [0.717, 1.165) is 19.3 Å². The molecule has 1 unspecified atom stereocenters. The van der Waals surface area contributed by atoms with Crippen molar-refractivity contribution < 1.29 is 10.2 Å². The summed E-state index contributed by atoms with van der Waals surface area (Å²) < 4.78 is 0. The number of hydrogen-bond acceptors (Lipinski definition) is 3. The molecule has 0 heterocycles. The fraction of sp³-hybridized carbons (Fsp3) is 0.778. The lowest BCUT2D eigenvalue weighted by molar-refractivity contribution is 0.156. The zero-order valence-electron chi connectivity index (χ0n) is 7.50. The van der Waals surface area contributed by atoms with Gasteiger partial charge in [-0.3, -0.25) is 0 Å². The zero-order chi connectivity index (χ0) is 9.23. The van der Waals surface area contributed by atoms with Gasteiger partial charge >= 0.3 is 0 Å². The molecule has 0 rings (SSSR count). The Morgan fingerprint density at radius 2 is 2.25 bits per heavy atom. The molecule has 0 aromatic carbocycles. The molecular formula is C9H19NO2. The first-order chi connectivity index (χ1) is 5.81. The van der Waals surface area contributed by atoms with Crippen LogP contribution in [0.5, 0.6) is 0 Å². The lowest BCUT2D eigenvalue weighted by Crippen LogP contribution is -2.28. The van der Waals surface area contributed by atoms with E-state index < -0.39 is 0 Å². The molecule has 3 nitrogen and oxygen atoms in total. The Labute approximate surface area is 74.1 Å². The molecule has 0 saturated carbocycles. The highest BCUT2D eigenvalue weighted by atomic mass is 16.3. The number of nitrogens with one attached hydrogen (secondary N) is 1. The predicted molar refractivity (Wildman–Crippen MR) is 50.0 cm³/mol. The van der Waals surface area contributed by atoms with Crippen molar-refractivity contribution in [3.05, 3.63) is 12.7 Å². The smallest absolute Gasteiger partial charge is 0.0664 e. The first-order valence-electron chi connectivity index (χ1n) is 4.41. The minimum absolute atomic E-state index is 0.124. The molecule has 0 aromatic rings. The monoisotopic (exact) mass is 173 g/mol. The molecule has 72 valence electrons. The highest BCUT2D eigenvalue weighted by Gasteiger charge is 2.01. The first kappa shape index (κ1) is 11.6. The van der Waals surface area contributed by atoms with Crippen molar-refractivity contribution in [2.45, 2.75) is 25.4 Å². The highest BCUT2D eigenvalue weighted by molar-refractivity contribution is 4.68. The fourth-order valence-corrected chi connectivity index (χ4v) is 0.948. The quantitative estimate of drug-likeness (QED) is 0.365. The maximum atomic E-state index is 9.32. The van der Waals surface area contributed by atoms with E-state index in [1.807, 2.05) is 6.08 Å². The molecule has 0 aromatic heterocycles. The fourth-order valence-electron chi connectivity index (χ4n) is 0.948. The molecule has 0 radical (unpaired) electrons. The van der Waals surface area contributed by atoms with Crippen molar-refractivity contribution in [2.24, 2.45) is 0 Å². The summed E-state index contributed by atoms with van der Waals surface area (Å²) in [6.45, 7) is 4.85. The molecule has 3 heteroatoms. The van der Waals surface area contributed by atoms with E-state index in [-0.39, 0.29) is 12.7 Å². The number of aliphatic hydroxyl groups excluding tert-OH is 2. The summed E-state index contributed by atoms with van der Waals surface area (Å²) in [4.78, 5) is 0. The van der Waals surface area contributed by atoms with Crippen molar-refractivity contribution in [3.63, 3.8) is 0 Å². The normalized spacial score (nSPS) is 12.8. The van der Waals surface area contributed by atoms with Crippen LogP contribution in [0.25, 0.3) is 0 Å². The van der Waals surface area contributed by atoms with Crippen LogP contribution in [0, 0.1) is 0 Å². The van der Waals surface area contributed by atoms with Crippen LogP contribution < -0.4 is 5.32 Å². The van der Waals surface area contributed by atoms with Crippen molar-refractivity contribution in [2.75, 3.05) is 19.7 Å². The van der Waals surface area contributed by atoms with Gasteiger partial charge in [-0.05, 0) is 19.3 Å². The van der Waals surface area contributed by atoms with Gasteiger partial charge in [0.15, 0.2) is 0 Å². The number of hydrogen-bond donors (Lipinski definition) is 3. The summed E-state index contributed by atoms with van der Waals surface area (Å²) in [5, 5.41) is 20.7. The summed E-state index contributed by atoms with van der Waals surface area (Å²) in [5.41, 5.74) is 0. The van der Waals surface area contributed by atoms with E-state index in [1.54, 1.807) is 0 Å². The second-order valence-electron chi connectivity index (χ2n) is 2.80. The van der Waals surface area contributed by atoms with Crippen LogP contribution in [-0.2, 0) is 0 Å². The Balaban J connectivity index is 3.09. The molecule has 0 saturated heterocycles. The largest absolute Gasteiger partial charge is 0.395 e. The van der Waals surface area contributed by atoms with Crippen LogP contribution in [0.2, 0.25) is 0 Å². The van der Waals surface area contributed by atoms with Gasteiger partial charge in [-0.2, -0.15) is 0 Å². The number of aliphatic hydroxyl groups is 2. The van der Waals surface area contributed by atoms with Gasteiger partial charge in [0.2, 0.25) is 0 Å². The summed E-state index contributed by atoms with van der Waals surface area (Å²) in [6, 6.07) is 0. The maximum Gasteiger partial charge on any atom is 0.0664 e. The van der Waals surface area contributed by atoms with Crippen molar-refractivity contribution in [1.82, 2.24) is 5.32 Å². The van der Waals surface area contributed by atoms with E-state index in [4.69, 9.17) is 5.11 Å². The molecule has 12 heavy (non-hydrogen) atoms. The summed E-state index contributed by atoms with van der Waals surface area (Å²) in [7, 11) is 0. The first-order valence-corrected chi connectivity index (χ1v) is 4.41. The summed E-state index contributed by atoms with van der Waals surface area (Å²) in [5.74, 6) is 0. The molecular weight excluding hydrogens is 154 g/mol. The number of rotatable bonds is 8. The van der Waals surface area contributed by atoms with E-state index in [9.17, 15) is 5.11 Å². The van der Waals surface area contributed by atoms with Gasteiger partial charge in [0.1, 0.15) is 0 Å². The average molecular weight is 173 g/mol. The molecule has 1 atom stereocenters. The third-order valence-corrected chi connectivity index (χ3v) is 1.61. The molecule has 0 fully saturated rings. The SMILES string of the molecule is C=CCCCC(O)CNCCO. The van der Waals surface area contributed by atoms with Crippen LogP contribution in [-0.4, -0.2) is 36.0 Å². The minimum Gasteiger partial charge on any atom is -0.395 e. The molecule has 0 bridgehead atoms. The van der Waals surface area contributed by atoms with Gasteiger partial charge in [0, 0.05) is 13.1 Å². The van der Waals surface area contributed by atoms with Crippen molar-refractivity contribution >= 4 is 0 Å². The van der Waals surface area contributed by atoms with Gasteiger partial charge in [0.25, 0.3) is 0 Å². The molecule has 0 amide bonds. The van der Waals surface area contributed by atoms with Crippen molar-refractivity contribution in [1.29, 1.82) is 0 Å². The topological polar surface area (TPSA) is 52.5 Å². The number of allylic oxidation sites excluding steroid dienone is 1. The molecule has 0 aliphatic rings. The highest BCUT2D eigenvalue weighted by Crippen LogP contribution is 1.99. The van der Waals surface area contributed by atoms with Gasteiger partial charge in [-0.1, -0.05) is 6.08 Å². The molecule has 3 N–H and O–H groups in total. The van der Waals surface area contributed by atoms with Gasteiger partial charge in [0.05, 0.1) is 12.7 Å². The average Bonchev–Trinajstić information content (AvgIpc) is 2.06. The van der Waals surface area contributed by atoms with Gasteiger partial charge in [-0.15, -0.1) is 6.58 Å². The van der Waals surface area contributed by atoms with Crippen molar-refractivity contribution in [3.8, 4) is 0 Å². The Kier molecular flexibility index (Phi) is 8.44. The zero-order valence-corrected chi connectivity index (χ0v) is 7.50. The second kappa shape index (κ2) is 8.71. The van der Waals surface area contributed by atoms with Crippen LogP contribution in [0.4, 0.5) is 0 Å². The lowest BCUT2D eigenvalue weighted by atomic mass is 10.1. The Morgan fingerprint density at radius 3 is 2.83 bits per heavy atom. The molecule has 0 aliphatic carbocycles. The van der Waals surface area contributed by atoms with Crippen LogP contribution in [0.15, 0.2) is 12.7 Å². The van der Waals surface area contributed by atoms with Crippen LogP contribution in [0.1, 0.15) is 19.3 Å². The van der Waals surface area contributed by atoms with E-state index >= 15 is 0 Å². The molecule has 0 spiro atoms. The maximum absolute atomic E-state index is 9.32. The third kappa shape index (κ3) is 7.72. The van der Waals surface area contributed by atoms with E-state index in [1.165, 1.54) is 0 Å². The Hall–Kier alpha value is -0.380. The van der Waals surface area contributed by atoms with E-state index in [2.05, 4.69) is 11.9 Å². The second-order valence-corrected chi connectivity index (χ2v) is 2.80. The Bertz CT molecular complexity index is 107. The molecule has 0 aliphatic heterocycles. The number of unbranched alkanes of at least 4 members (excludes halogenated alkanes) is 1. The third-order valence-electron chi connectivity index (χ3n) is 1.61. The van der Waals surface area contributed by atoms with Gasteiger partial charge < -0.3 is 15.5 Å². The van der Waals surface area contributed by atoms with Gasteiger partial charge in [-0.25, -0.2) is 0 Å². The lowest BCUT2D eigenvalue weighted by Gasteiger charge is -2.09. The standard InChI is InChI=1S/C9H19NO2/c1-2-3-4-5-9(12)8-10-6-7-11/h2,9-12H,1,3-8H2.